The molecule has 1 rings (SSSR count). The van der Waals surface area contributed by atoms with E-state index in [9.17, 15) is 9.59 Å². The van der Waals surface area contributed by atoms with Crippen molar-refractivity contribution in [2.45, 2.75) is 45.1 Å². The molecule has 0 bridgehead atoms. The quantitative estimate of drug-likeness (QED) is 0.616. The van der Waals surface area contributed by atoms with E-state index in [1.807, 2.05) is 0 Å². The number of carboxylic acids is 1. The molecule has 1 atom stereocenters. The van der Waals surface area contributed by atoms with Crippen LogP contribution in [0.5, 0.6) is 0 Å². The van der Waals surface area contributed by atoms with Crippen LogP contribution < -0.4 is 11.1 Å². The van der Waals surface area contributed by atoms with Crippen LogP contribution in [0.3, 0.4) is 0 Å². The molecule has 1 fully saturated rings. The highest BCUT2D eigenvalue weighted by Gasteiger charge is 2.38. The summed E-state index contributed by atoms with van der Waals surface area (Å²) in [6.45, 7) is 2.24. The van der Waals surface area contributed by atoms with E-state index in [0.29, 0.717) is 19.4 Å². The third-order valence-corrected chi connectivity index (χ3v) is 3.42. The van der Waals surface area contributed by atoms with Gasteiger partial charge < -0.3 is 16.2 Å². The number of hydrogen-bond donors (Lipinski definition) is 3. The fourth-order valence-electron chi connectivity index (χ4n) is 2.05. The number of carboxylic acid groups (broad SMARTS) is 1. The topological polar surface area (TPSA) is 92.4 Å². The number of rotatable bonds is 6. The largest absolute Gasteiger partial charge is 0.480 e. The highest BCUT2D eigenvalue weighted by molar-refractivity contribution is 5.83. The van der Waals surface area contributed by atoms with Crippen molar-refractivity contribution in [3.63, 3.8) is 0 Å². The van der Waals surface area contributed by atoms with Crippen LogP contribution in [0.25, 0.3) is 0 Å². The average Bonchev–Trinajstić information content (AvgIpc) is 2.19. The maximum absolute atomic E-state index is 11.7. The first kappa shape index (κ1) is 13.0. The summed E-state index contributed by atoms with van der Waals surface area (Å²) >= 11 is 0. The van der Waals surface area contributed by atoms with Gasteiger partial charge >= 0.3 is 5.97 Å². The van der Waals surface area contributed by atoms with E-state index in [2.05, 4.69) is 5.32 Å². The molecule has 0 aromatic heterocycles. The van der Waals surface area contributed by atoms with Gasteiger partial charge in [0.1, 0.15) is 6.04 Å². The minimum absolute atomic E-state index is 0.0686. The summed E-state index contributed by atoms with van der Waals surface area (Å²) in [6, 6.07) is -0.776. The Kier molecular flexibility index (Phi) is 4.29. The summed E-state index contributed by atoms with van der Waals surface area (Å²) in [5.74, 6) is -1.18. The Labute approximate surface area is 95.4 Å². The van der Waals surface area contributed by atoms with Crippen LogP contribution >= 0.6 is 0 Å². The maximum Gasteiger partial charge on any atom is 0.326 e. The van der Waals surface area contributed by atoms with Gasteiger partial charge in [0.25, 0.3) is 0 Å². The molecule has 5 heteroatoms. The fourth-order valence-corrected chi connectivity index (χ4v) is 2.05. The van der Waals surface area contributed by atoms with Gasteiger partial charge in [-0.05, 0) is 31.2 Å². The van der Waals surface area contributed by atoms with Gasteiger partial charge in [-0.2, -0.15) is 0 Å². The van der Waals surface area contributed by atoms with Crippen molar-refractivity contribution in [1.82, 2.24) is 5.32 Å². The Morgan fingerprint density at radius 1 is 1.50 bits per heavy atom. The van der Waals surface area contributed by atoms with Crippen molar-refractivity contribution in [3.05, 3.63) is 0 Å². The van der Waals surface area contributed by atoms with Crippen molar-refractivity contribution in [3.8, 4) is 0 Å². The van der Waals surface area contributed by atoms with E-state index in [1.165, 1.54) is 0 Å². The van der Waals surface area contributed by atoms with E-state index in [-0.39, 0.29) is 11.3 Å². The van der Waals surface area contributed by atoms with E-state index in [4.69, 9.17) is 10.8 Å². The number of carbonyl (C=O) groups is 2. The molecule has 4 N–H and O–H groups in total. The van der Waals surface area contributed by atoms with Crippen LogP contribution in [-0.4, -0.2) is 29.6 Å². The predicted molar refractivity (Wildman–Crippen MR) is 59.8 cm³/mol. The van der Waals surface area contributed by atoms with Crippen molar-refractivity contribution in [2.75, 3.05) is 6.54 Å². The number of aliphatic carboxylic acids is 1. The minimum atomic E-state index is -0.980. The standard InChI is InChI=1S/C11H20N2O3/c1-2-8(10(15)16)13-9(14)6-11(7-12)4-3-5-11/h8H,2-7,12H2,1H3,(H,13,14)(H,15,16)/t8-/m0/s1. The third-order valence-electron chi connectivity index (χ3n) is 3.42. The molecule has 0 spiro atoms. The molecule has 0 saturated heterocycles. The number of carbonyl (C=O) groups excluding carboxylic acids is 1. The van der Waals surface area contributed by atoms with Gasteiger partial charge in [-0.3, -0.25) is 4.79 Å². The highest BCUT2D eigenvalue weighted by Crippen LogP contribution is 2.42. The molecule has 0 aromatic rings. The maximum atomic E-state index is 11.7. The summed E-state index contributed by atoms with van der Waals surface area (Å²) in [5, 5.41) is 11.3. The molecule has 1 amide bonds. The van der Waals surface area contributed by atoms with Gasteiger partial charge in [0.2, 0.25) is 5.91 Å². The van der Waals surface area contributed by atoms with Crippen LogP contribution in [0.15, 0.2) is 0 Å². The van der Waals surface area contributed by atoms with Crippen LogP contribution in [0, 0.1) is 5.41 Å². The Morgan fingerprint density at radius 3 is 2.44 bits per heavy atom. The lowest BCUT2D eigenvalue weighted by Gasteiger charge is -2.40. The molecule has 0 aliphatic heterocycles. The fraction of sp³-hybridized carbons (Fsp3) is 0.818. The molecule has 0 unspecified atom stereocenters. The molecule has 5 nitrogen and oxygen atoms in total. The zero-order valence-corrected chi connectivity index (χ0v) is 9.66. The first-order valence-electron chi connectivity index (χ1n) is 5.75. The summed E-state index contributed by atoms with van der Waals surface area (Å²) in [4.78, 5) is 22.4. The van der Waals surface area contributed by atoms with Gasteiger partial charge in [0, 0.05) is 6.42 Å². The molecule has 1 aliphatic carbocycles. The monoisotopic (exact) mass is 228 g/mol. The molecule has 0 radical (unpaired) electrons. The summed E-state index contributed by atoms with van der Waals surface area (Å²) in [6.07, 6.45) is 3.81. The summed E-state index contributed by atoms with van der Waals surface area (Å²) in [7, 11) is 0. The number of nitrogens with one attached hydrogen (secondary N) is 1. The highest BCUT2D eigenvalue weighted by atomic mass is 16.4. The third kappa shape index (κ3) is 2.95. The van der Waals surface area contributed by atoms with Crippen molar-refractivity contribution in [2.24, 2.45) is 11.1 Å². The smallest absolute Gasteiger partial charge is 0.326 e. The van der Waals surface area contributed by atoms with Gasteiger partial charge in [-0.1, -0.05) is 13.3 Å². The molecule has 1 aliphatic rings. The minimum Gasteiger partial charge on any atom is -0.480 e. The van der Waals surface area contributed by atoms with E-state index in [0.717, 1.165) is 19.3 Å². The Hall–Kier alpha value is -1.10. The van der Waals surface area contributed by atoms with Crippen molar-refractivity contribution in [1.29, 1.82) is 0 Å². The Balaban J connectivity index is 2.43. The van der Waals surface area contributed by atoms with Crippen LogP contribution in [0.1, 0.15) is 39.0 Å². The second kappa shape index (κ2) is 5.30. The number of amides is 1. The second-order valence-corrected chi connectivity index (χ2v) is 4.60. The van der Waals surface area contributed by atoms with Gasteiger partial charge in [-0.15, -0.1) is 0 Å². The number of hydrogen-bond acceptors (Lipinski definition) is 3. The first-order chi connectivity index (χ1) is 7.53. The lowest BCUT2D eigenvalue weighted by Crippen LogP contribution is -2.46. The van der Waals surface area contributed by atoms with Gasteiger partial charge in [0.15, 0.2) is 0 Å². The summed E-state index contributed by atoms with van der Waals surface area (Å²) in [5.41, 5.74) is 5.58. The lowest BCUT2D eigenvalue weighted by atomic mass is 9.66. The molecular weight excluding hydrogens is 208 g/mol. The van der Waals surface area contributed by atoms with Crippen molar-refractivity contribution >= 4 is 11.9 Å². The first-order valence-corrected chi connectivity index (χ1v) is 5.75. The Bertz CT molecular complexity index is 269. The van der Waals surface area contributed by atoms with Crippen molar-refractivity contribution < 1.29 is 14.7 Å². The average molecular weight is 228 g/mol. The predicted octanol–water partition coefficient (Wildman–Crippen LogP) is 0.485. The molecular formula is C11H20N2O3. The van der Waals surface area contributed by atoms with E-state index in [1.54, 1.807) is 6.92 Å². The Morgan fingerprint density at radius 2 is 2.12 bits per heavy atom. The number of nitrogens with two attached hydrogens (primary N) is 1. The SMILES string of the molecule is CC[C@H](NC(=O)CC1(CN)CCC1)C(=O)O. The second-order valence-electron chi connectivity index (χ2n) is 4.60. The zero-order chi connectivity index (χ0) is 12.2. The van der Waals surface area contributed by atoms with Crippen LogP contribution in [0.2, 0.25) is 0 Å². The molecule has 1 saturated carbocycles. The van der Waals surface area contributed by atoms with Gasteiger partial charge in [0.05, 0.1) is 0 Å². The summed E-state index contributed by atoms with van der Waals surface area (Å²) < 4.78 is 0. The van der Waals surface area contributed by atoms with E-state index < -0.39 is 12.0 Å². The molecule has 16 heavy (non-hydrogen) atoms. The molecule has 0 aromatic carbocycles. The van der Waals surface area contributed by atoms with E-state index >= 15 is 0 Å². The zero-order valence-electron chi connectivity index (χ0n) is 9.66. The normalized spacial score (nSPS) is 19.6. The lowest BCUT2D eigenvalue weighted by molar-refractivity contribution is -0.142. The van der Waals surface area contributed by atoms with Crippen LogP contribution in [0.4, 0.5) is 0 Å². The van der Waals surface area contributed by atoms with Crippen LogP contribution in [-0.2, 0) is 9.59 Å². The molecule has 92 valence electrons. The van der Waals surface area contributed by atoms with Gasteiger partial charge in [-0.25, -0.2) is 4.79 Å². The molecule has 0 heterocycles.